The van der Waals surface area contributed by atoms with Crippen molar-refractivity contribution < 1.29 is 4.79 Å². The summed E-state index contributed by atoms with van der Waals surface area (Å²) in [6.45, 7) is 4.59. The third-order valence-electron chi connectivity index (χ3n) is 3.57. The van der Waals surface area contributed by atoms with Crippen LogP contribution in [0.3, 0.4) is 0 Å². The summed E-state index contributed by atoms with van der Waals surface area (Å²) in [7, 11) is 0. The minimum absolute atomic E-state index is 0.247. The van der Waals surface area contributed by atoms with E-state index in [2.05, 4.69) is 18.8 Å². The summed E-state index contributed by atoms with van der Waals surface area (Å²) in [6.07, 6.45) is 6.25. The van der Waals surface area contributed by atoms with Gasteiger partial charge in [0.05, 0.1) is 5.69 Å². The first-order chi connectivity index (χ1) is 7.08. The highest BCUT2D eigenvalue weighted by Gasteiger charge is 2.31. The van der Waals surface area contributed by atoms with E-state index in [-0.39, 0.29) is 5.92 Å². The molecule has 0 bridgehead atoms. The fraction of sp³-hybridized carbons (Fsp3) is 0.615. The van der Waals surface area contributed by atoms with E-state index in [1.807, 2.05) is 18.3 Å². The number of aromatic amines is 1. The van der Waals surface area contributed by atoms with Gasteiger partial charge in [0.25, 0.3) is 0 Å². The summed E-state index contributed by atoms with van der Waals surface area (Å²) in [5.41, 5.74) is 1.21. The predicted octanol–water partition coefficient (Wildman–Crippen LogP) is 3.41. The van der Waals surface area contributed by atoms with Crippen molar-refractivity contribution in [2.24, 2.45) is 11.3 Å². The quantitative estimate of drug-likeness (QED) is 0.737. The van der Waals surface area contributed by atoms with E-state index in [1.54, 1.807) is 0 Å². The predicted molar refractivity (Wildman–Crippen MR) is 60.9 cm³/mol. The second-order valence-corrected chi connectivity index (χ2v) is 5.39. The van der Waals surface area contributed by atoms with Gasteiger partial charge >= 0.3 is 0 Å². The summed E-state index contributed by atoms with van der Waals surface area (Å²) >= 11 is 0. The van der Waals surface area contributed by atoms with Gasteiger partial charge in [0, 0.05) is 12.1 Å². The van der Waals surface area contributed by atoms with E-state index in [1.165, 1.54) is 12.8 Å². The number of hydrogen-bond acceptors (Lipinski definition) is 1. The normalized spacial score (nSPS) is 21.5. The van der Waals surface area contributed by atoms with Gasteiger partial charge in [0.2, 0.25) is 0 Å². The SMILES string of the molecule is CC1(C)CCC(C(=O)c2ccc[nH]2)CC1. The lowest BCUT2D eigenvalue weighted by Crippen LogP contribution is -2.26. The zero-order valence-corrected chi connectivity index (χ0v) is 9.55. The first-order valence-electron chi connectivity index (χ1n) is 5.76. The number of aromatic nitrogens is 1. The number of rotatable bonds is 2. The highest BCUT2D eigenvalue weighted by Crippen LogP contribution is 2.38. The second-order valence-electron chi connectivity index (χ2n) is 5.39. The number of nitrogens with one attached hydrogen (secondary N) is 1. The molecule has 1 heterocycles. The lowest BCUT2D eigenvalue weighted by atomic mass is 9.72. The smallest absolute Gasteiger partial charge is 0.182 e. The lowest BCUT2D eigenvalue weighted by molar-refractivity contribution is 0.0833. The third-order valence-corrected chi connectivity index (χ3v) is 3.57. The molecule has 1 aliphatic rings. The van der Waals surface area contributed by atoms with Gasteiger partial charge in [0.1, 0.15) is 0 Å². The number of hydrogen-bond donors (Lipinski definition) is 1. The molecule has 1 aliphatic carbocycles. The summed E-state index contributed by atoms with van der Waals surface area (Å²) < 4.78 is 0. The zero-order valence-electron chi connectivity index (χ0n) is 9.55. The van der Waals surface area contributed by atoms with Crippen LogP contribution in [0, 0.1) is 11.3 Å². The van der Waals surface area contributed by atoms with Crippen molar-refractivity contribution >= 4 is 5.78 Å². The van der Waals surface area contributed by atoms with Crippen molar-refractivity contribution in [1.29, 1.82) is 0 Å². The van der Waals surface area contributed by atoms with E-state index < -0.39 is 0 Å². The topological polar surface area (TPSA) is 32.9 Å². The second kappa shape index (κ2) is 3.84. The molecule has 0 amide bonds. The van der Waals surface area contributed by atoms with Crippen molar-refractivity contribution in [3.63, 3.8) is 0 Å². The van der Waals surface area contributed by atoms with Gasteiger partial charge in [-0.2, -0.15) is 0 Å². The molecule has 1 N–H and O–H groups in total. The molecule has 0 radical (unpaired) electrons. The Morgan fingerprint density at radius 1 is 1.40 bits per heavy atom. The zero-order chi connectivity index (χ0) is 10.9. The van der Waals surface area contributed by atoms with Crippen LogP contribution >= 0.6 is 0 Å². The van der Waals surface area contributed by atoms with Gasteiger partial charge in [-0.15, -0.1) is 0 Å². The molecule has 2 heteroatoms. The number of ketones is 1. The van der Waals surface area contributed by atoms with Crippen LogP contribution in [0.15, 0.2) is 18.3 Å². The Balaban J connectivity index is 2.00. The van der Waals surface area contributed by atoms with Crippen molar-refractivity contribution in [2.75, 3.05) is 0 Å². The molecule has 0 atom stereocenters. The summed E-state index contributed by atoms with van der Waals surface area (Å²) in [5, 5.41) is 0. The van der Waals surface area contributed by atoms with Crippen molar-refractivity contribution in [3.05, 3.63) is 24.0 Å². The number of carbonyl (C=O) groups excluding carboxylic acids is 1. The average Bonchev–Trinajstić information content (AvgIpc) is 2.69. The molecule has 0 saturated heterocycles. The monoisotopic (exact) mass is 205 g/mol. The van der Waals surface area contributed by atoms with Crippen LogP contribution in [0.5, 0.6) is 0 Å². The number of H-pyrrole nitrogens is 1. The van der Waals surface area contributed by atoms with Crippen molar-refractivity contribution in [2.45, 2.75) is 39.5 Å². The molecule has 1 fully saturated rings. The fourth-order valence-corrected chi connectivity index (χ4v) is 2.36. The molecule has 2 nitrogen and oxygen atoms in total. The number of Topliss-reactive ketones (excluding diaryl/α,β-unsaturated/α-hetero) is 1. The maximum absolute atomic E-state index is 12.0. The minimum atomic E-state index is 0.247. The molecule has 1 aromatic rings. The van der Waals surface area contributed by atoms with E-state index in [9.17, 15) is 4.79 Å². The minimum Gasteiger partial charge on any atom is -0.359 e. The Morgan fingerprint density at radius 2 is 2.07 bits per heavy atom. The lowest BCUT2D eigenvalue weighted by Gasteiger charge is -2.33. The van der Waals surface area contributed by atoms with Crippen LogP contribution in [-0.4, -0.2) is 10.8 Å². The van der Waals surface area contributed by atoms with Gasteiger partial charge in [0.15, 0.2) is 5.78 Å². The highest BCUT2D eigenvalue weighted by molar-refractivity contribution is 5.96. The molecule has 0 aliphatic heterocycles. The largest absolute Gasteiger partial charge is 0.359 e. The Bertz CT molecular complexity index is 327. The first kappa shape index (κ1) is 10.5. The van der Waals surface area contributed by atoms with Crippen LogP contribution < -0.4 is 0 Å². The molecule has 1 aromatic heterocycles. The fourth-order valence-electron chi connectivity index (χ4n) is 2.36. The molecule has 0 unspecified atom stereocenters. The summed E-state index contributed by atoms with van der Waals surface area (Å²) in [6, 6.07) is 3.77. The molecular weight excluding hydrogens is 186 g/mol. The van der Waals surface area contributed by atoms with Gasteiger partial charge < -0.3 is 4.98 Å². The van der Waals surface area contributed by atoms with E-state index >= 15 is 0 Å². The first-order valence-corrected chi connectivity index (χ1v) is 5.76. The van der Waals surface area contributed by atoms with E-state index in [4.69, 9.17) is 0 Å². The summed E-state index contributed by atoms with van der Waals surface area (Å²) in [5.74, 6) is 0.548. The van der Waals surface area contributed by atoms with Gasteiger partial charge in [-0.1, -0.05) is 13.8 Å². The molecular formula is C13H19NO. The van der Waals surface area contributed by atoms with Crippen LogP contribution in [0.25, 0.3) is 0 Å². The van der Waals surface area contributed by atoms with Crippen LogP contribution in [0.1, 0.15) is 50.0 Å². The average molecular weight is 205 g/mol. The van der Waals surface area contributed by atoms with Crippen molar-refractivity contribution in [1.82, 2.24) is 4.98 Å². The highest BCUT2D eigenvalue weighted by atomic mass is 16.1. The maximum atomic E-state index is 12.0. The molecule has 2 rings (SSSR count). The van der Waals surface area contributed by atoms with Crippen LogP contribution in [0.2, 0.25) is 0 Å². The third kappa shape index (κ3) is 2.31. The Morgan fingerprint density at radius 3 is 2.60 bits per heavy atom. The number of carbonyl (C=O) groups is 1. The Kier molecular flexibility index (Phi) is 2.68. The molecule has 1 saturated carbocycles. The van der Waals surface area contributed by atoms with E-state index in [0.717, 1.165) is 18.5 Å². The molecule has 0 spiro atoms. The Hall–Kier alpha value is -1.05. The summed E-state index contributed by atoms with van der Waals surface area (Å²) in [4.78, 5) is 15.0. The maximum Gasteiger partial charge on any atom is 0.182 e. The van der Waals surface area contributed by atoms with Gasteiger partial charge in [-0.25, -0.2) is 0 Å². The molecule has 82 valence electrons. The molecule has 0 aromatic carbocycles. The Labute approximate surface area is 91.1 Å². The van der Waals surface area contributed by atoms with E-state index in [0.29, 0.717) is 11.2 Å². The molecule has 15 heavy (non-hydrogen) atoms. The van der Waals surface area contributed by atoms with Gasteiger partial charge in [-0.05, 0) is 43.2 Å². The van der Waals surface area contributed by atoms with Gasteiger partial charge in [-0.3, -0.25) is 4.79 Å². The van der Waals surface area contributed by atoms with Crippen LogP contribution in [-0.2, 0) is 0 Å². The standard InChI is InChI=1S/C13H19NO/c1-13(2)7-5-10(6-8-13)12(15)11-4-3-9-14-11/h3-4,9-10,14H,5-8H2,1-2H3. The van der Waals surface area contributed by atoms with Crippen LogP contribution in [0.4, 0.5) is 0 Å². The van der Waals surface area contributed by atoms with Crippen molar-refractivity contribution in [3.8, 4) is 0 Å².